The molecule has 1 saturated heterocycles. The molecule has 0 atom stereocenters. The fourth-order valence-electron chi connectivity index (χ4n) is 3.46. The minimum absolute atomic E-state index is 0.0377. The quantitative estimate of drug-likeness (QED) is 0.836. The number of carbonyl (C=O) groups excluding carboxylic acids is 1. The molecule has 2 rings (SSSR count). The van der Waals surface area contributed by atoms with Crippen LogP contribution < -0.4 is 5.32 Å². The summed E-state index contributed by atoms with van der Waals surface area (Å²) >= 11 is 0. The van der Waals surface area contributed by atoms with E-state index >= 15 is 0 Å². The molecule has 0 unspecified atom stereocenters. The third-order valence-electron chi connectivity index (χ3n) is 4.64. The van der Waals surface area contributed by atoms with Crippen molar-refractivity contribution in [2.24, 2.45) is 5.41 Å². The molecule has 0 aromatic heterocycles. The van der Waals surface area contributed by atoms with Crippen molar-refractivity contribution in [1.82, 2.24) is 10.2 Å². The number of nitrogens with one attached hydrogen (secondary N) is 1. The first-order chi connectivity index (χ1) is 9.32. The Morgan fingerprint density at radius 2 is 1.80 bits per heavy atom. The lowest BCUT2D eigenvalue weighted by molar-refractivity contribution is -0.139. The third kappa shape index (κ3) is 3.64. The summed E-state index contributed by atoms with van der Waals surface area (Å²) < 4.78 is 0. The summed E-state index contributed by atoms with van der Waals surface area (Å²) in [6.07, 6.45) is 5.74. The second-order valence-corrected chi connectivity index (χ2v) is 7.18. The third-order valence-corrected chi connectivity index (χ3v) is 4.64. The van der Waals surface area contributed by atoms with Gasteiger partial charge in [-0.3, -0.25) is 4.79 Å². The summed E-state index contributed by atoms with van der Waals surface area (Å²) in [5, 5.41) is 12.2. The summed E-state index contributed by atoms with van der Waals surface area (Å²) in [5.41, 5.74) is -0.363. The van der Waals surface area contributed by atoms with Crippen molar-refractivity contribution < 1.29 is 14.7 Å². The van der Waals surface area contributed by atoms with E-state index < -0.39 is 11.5 Å². The van der Waals surface area contributed by atoms with Crippen molar-refractivity contribution in [2.45, 2.75) is 64.3 Å². The molecule has 0 spiro atoms. The maximum Gasteiger partial charge on any atom is 0.317 e. The molecule has 114 valence electrons. The summed E-state index contributed by atoms with van der Waals surface area (Å²) in [4.78, 5) is 25.4. The van der Waals surface area contributed by atoms with Gasteiger partial charge in [0.2, 0.25) is 0 Å². The molecule has 0 radical (unpaired) electrons. The zero-order valence-corrected chi connectivity index (χ0v) is 12.6. The maximum absolute atomic E-state index is 12.4. The fraction of sp³-hybridized carbons (Fsp3) is 0.867. The number of aliphatic carboxylic acids is 1. The summed E-state index contributed by atoms with van der Waals surface area (Å²) in [6.45, 7) is 5.84. The number of hydrogen-bond acceptors (Lipinski definition) is 2. The van der Waals surface area contributed by atoms with Gasteiger partial charge in [-0.2, -0.15) is 0 Å². The van der Waals surface area contributed by atoms with Crippen LogP contribution >= 0.6 is 0 Å². The lowest BCUT2D eigenvalue weighted by Gasteiger charge is -2.38. The number of rotatable bonds is 3. The lowest BCUT2D eigenvalue weighted by Crippen LogP contribution is -2.55. The van der Waals surface area contributed by atoms with Crippen LogP contribution in [-0.4, -0.2) is 40.6 Å². The second-order valence-electron chi connectivity index (χ2n) is 7.18. The molecule has 2 amide bonds. The Labute approximate surface area is 120 Å². The Morgan fingerprint density at radius 1 is 1.15 bits per heavy atom. The molecular formula is C15H26N2O3. The van der Waals surface area contributed by atoms with Crippen molar-refractivity contribution in [3.05, 3.63) is 0 Å². The van der Waals surface area contributed by atoms with Gasteiger partial charge in [-0.05, 0) is 24.7 Å². The van der Waals surface area contributed by atoms with E-state index in [2.05, 4.69) is 19.2 Å². The molecule has 20 heavy (non-hydrogen) atoms. The Morgan fingerprint density at radius 3 is 2.30 bits per heavy atom. The van der Waals surface area contributed by atoms with Crippen molar-refractivity contribution >= 4 is 12.0 Å². The molecule has 5 heteroatoms. The molecule has 1 aliphatic heterocycles. The number of hydrogen-bond donors (Lipinski definition) is 2. The monoisotopic (exact) mass is 282 g/mol. The minimum Gasteiger partial charge on any atom is -0.481 e. The Balaban J connectivity index is 2.00. The molecule has 0 bridgehead atoms. The fourth-order valence-corrected chi connectivity index (χ4v) is 3.46. The molecule has 2 fully saturated rings. The van der Waals surface area contributed by atoms with Crippen LogP contribution in [0.5, 0.6) is 0 Å². The van der Waals surface area contributed by atoms with Crippen LogP contribution in [0.3, 0.4) is 0 Å². The number of carbonyl (C=O) groups is 2. The number of nitrogens with zero attached hydrogens (tertiary/aromatic N) is 1. The number of amides is 2. The van der Waals surface area contributed by atoms with Crippen LogP contribution in [0.15, 0.2) is 0 Å². The highest BCUT2D eigenvalue weighted by Crippen LogP contribution is 2.33. The second kappa shape index (κ2) is 5.62. The van der Waals surface area contributed by atoms with E-state index in [0.29, 0.717) is 0 Å². The van der Waals surface area contributed by atoms with Crippen LogP contribution in [0.4, 0.5) is 4.79 Å². The Bertz CT molecular complexity index is 387. The smallest absolute Gasteiger partial charge is 0.317 e. The van der Waals surface area contributed by atoms with Crippen LogP contribution in [-0.2, 0) is 4.79 Å². The first kappa shape index (κ1) is 15.1. The van der Waals surface area contributed by atoms with Crippen molar-refractivity contribution in [3.63, 3.8) is 0 Å². The average Bonchev–Trinajstić information content (AvgIpc) is 2.69. The molecule has 1 heterocycles. The van der Waals surface area contributed by atoms with Gasteiger partial charge in [-0.15, -0.1) is 0 Å². The number of carboxylic acid groups (broad SMARTS) is 1. The average molecular weight is 282 g/mol. The lowest BCUT2D eigenvalue weighted by atomic mass is 9.79. The highest BCUT2D eigenvalue weighted by atomic mass is 16.4. The highest BCUT2D eigenvalue weighted by molar-refractivity contribution is 5.77. The van der Waals surface area contributed by atoms with E-state index in [1.54, 1.807) is 0 Å². The molecule has 1 aliphatic carbocycles. The largest absolute Gasteiger partial charge is 0.481 e. The molecule has 0 aromatic carbocycles. The summed E-state index contributed by atoms with van der Waals surface area (Å²) in [5.74, 6) is -0.825. The zero-order valence-electron chi connectivity index (χ0n) is 12.6. The molecule has 2 aliphatic rings. The van der Waals surface area contributed by atoms with Crippen molar-refractivity contribution in [3.8, 4) is 0 Å². The van der Waals surface area contributed by atoms with Gasteiger partial charge in [-0.25, -0.2) is 4.79 Å². The molecule has 0 aromatic rings. The van der Waals surface area contributed by atoms with Crippen molar-refractivity contribution in [2.75, 3.05) is 13.1 Å². The zero-order chi connectivity index (χ0) is 14.8. The SMILES string of the molecule is CC1(C)CCN(C(=O)NC2(CC(=O)O)CCCCC2)C1. The van der Waals surface area contributed by atoms with Crippen LogP contribution in [0.1, 0.15) is 58.8 Å². The van der Waals surface area contributed by atoms with Crippen LogP contribution in [0.25, 0.3) is 0 Å². The molecule has 5 nitrogen and oxygen atoms in total. The van der Waals surface area contributed by atoms with Gasteiger partial charge in [0.1, 0.15) is 0 Å². The Hall–Kier alpha value is -1.26. The molecule has 2 N–H and O–H groups in total. The van der Waals surface area contributed by atoms with E-state index in [1.807, 2.05) is 4.90 Å². The van der Waals surface area contributed by atoms with Crippen LogP contribution in [0.2, 0.25) is 0 Å². The standard InChI is InChI=1S/C15H26N2O3/c1-14(2)8-9-17(11-14)13(20)16-15(10-12(18)19)6-4-3-5-7-15/h3-11H2,1-2H3,(H,16,20)(H,18,19). The minimum atomic E-state index is -0.825. The van der Waals surface area contributed by atoms with E-state index in [9.17, 15) is 9.59 Å². The van der Waals surface area contributed by atoms with Crippen molar-refractivity contribution in [1.29, 1.82) is 0 Å². The number of urea groups is 1. The number of carboxylic acids is 1. The Kier molecular flexibility index (Phi) is 4.25. The highest BCUT2D eigenvalue weighted by Gasteiger charge is 2.39. The predicted octanol–water partition coefficient (Wildman–Crippen LogP) is 2.61. The van der Waals surface area contributed by atoms with E-state index in [1.165, 1.54) is 0 Å². The van der Waals surface area contributed by atoms with Gasteiger partial charge >= 0.3 is 12.0 Å². The van der Waals surface area contributed by atoms with Gasteiger partial charge in [0.05, 0.1) is 12.0 Å². The van der Waals surface area contributed by atoms with E-state index in [0.717, 1.165) is 51.6 Å². The van der Waals surface area contributed by atoms with Gasteiger partial charge in [-0.1, -0.05) is 33.1 Å². The normalized spacial score (nSPS) is 24.4. The first-order valence-electron chi connectivity index (χ1n) is 7.61. The van der Waals surface area contributed by atoms with E-state index in [4.69, 9.17) is 5.11 Å². The summed E-state index contributed by atoms with van der Waals surface area (Å²) in [7, 11) is 0. The van der Waals surface area contributed by atoms with Gasteiger partial charge in [0.15, 0.2) is 0 Å². The maximum atomic E-state index is 12.4. The number of likely N-dealkylation sites (tertiary alicyclic amines) is 1. The molecule has 1 saturated carbocycles. The predicted molar refractivity (Wildman–Crippen MR) is 76.6 cm³/mol. The van der Waals surface area contributed by atoms with Gasteiger partial charge in [0, 0.05) is 13.1 Å². The first-order valence-corrected chi connectivity index (χ1v) is 7.61. The van der Waals surface area contributed by atoms with Gasteiger partial charge < -0.3 is 15.3 Å². The molecular weight excluding hydrogens is 256 g/mol. The summed E-state index contributed by atoms with van der Waals surface area (Å²) in [6, 6.07) is -0.0845. The van der Waals surface area contributed by atoms with Gasteiger partial charge in [0.25, 0.3) is 0 Å². The topological polar surface area (TPSA) is 69.6 Å². The van der Waals surface area contributed by atoms with E-state index in [-0.39, 0.29) is 17.9 Å². The van der Waals surface area contributed by atoms with Crippen LogP contribution in [0, 0.1) is 5.41 Å².